The van der Waals surface area contributed by atoms with E-state index in [0.717, 1.165) is 41.3 Å². The lowest BCUT2D eigenvalue weighted by atomic mass is 10.2. The van der Waals surface area contributed by atoms with Gasteiger partial charge in [-0.25, -0.2) is 4.99 Å². The number of nitrogens with one attached hydrogen (secondary N) is 1. The van der Waals surface area contributed by atoms with E-state index < -0.39 is 0 Å². The Bertz CT molecular complexity index is 685. The Morgan fingerprint density at radius 1 is 1.38 bits per heavy atom. The molecule has 132 valence electrons. The molecule has 0 fully saturated rings. The lowest BCUT2D eigenvalue weighted by Crippen LogP contribution is -2.38. The largest absolute Gasteiger partial charge is 0.357 e. The highest BCUT2D eigenvalue weighted by atomic mass is 127. The molecule has 2 aromatic rings. The van der Waals surface area contributed by atoms with Crippen molar-refractivity contribution in [2.24, 2.45) is 12.0 Å². The van der Waals surface area contributed by atoms with E-state index in [0.29, 0.717) is 6.54 Å². The van der Waals surface area contributed by atoms with E-state index in [1.54, 1.807) is 0 Å². The van der Waals surface area contributed by atoms with Gasteiger partial charge in [0.2, 0.25) is 0 Å². The number of hydrogen-bond donors (Lipinski definition) is 1. The number of aryl methyl sites for hydroxylation is 1. The second kappa shape index (κ2) is 9.83. The van der Waals surface area contributed by atoms with Gasteiger partial charge in [-0.1, -0.05) is 23.7 Å². The van der Waals surface area contributed by atoms with Gasteiger partial charge in [-0.15, -0.1) is 34.2 Å². The van der Waals surface area contributed by atoms with Gasteiger partial charge in [0.05, 0.1) is 0 Å². The summed E-state index contributed by atoms with van der Waals surface area (Å²) < 4.78 is 1.95. The van der Waals surface area contributed by atoms with Gasteiger partial charge in [0.25, 0.3) is 0 Å². The number of guanidine groups is 1. The summed E-state index contributed by atoms with van der Waals surface area (Å²) in [6, 6.07) is 7.85. The second-order valence-corrected chi connectivity index (χ2v) is 5.82. The van der Waals surface area contributed by atoms with Crippen LogP contribution < -0.4 is 5.32 Å². The maximum Gasteiger partial charge on any atom is 0.194 e. The number of aromatic nitrogens is 3. The third-order valence-corrected chi connectivity index (χ3v) is 3.79. The maximum atomic E-state index is 6.05. The predicted octanol–water partition coefficient (Wildman–Crippen LogP) is 2.99. The molecule has 0 atom stereocenters. The van der Waals surface area contributed by atoms with Gasteiger partial charge in [0, 0.05) is 32.2 Å². The molecule has 8 heteroatoms. The van der Waals surface area contributed by atoms with Crippen molar-refractivity contribution in [1.29, 1.82) is 0 Å². The molecule has 2 rings (SSSR count). The number of halogens is 2. The van der Waals surface area contributed by atoms with Gasteiger partial charge in [-0.05, 0) is 31.5 Å². The third kappa shape index (κ3) is 5.62. The molecule has 1 aromatic heterocycles. The molecule has 0 saturated carbocycles. The van der Waals surface area contributed by atoms with Crippen LogP contribution in [0.1, 0.15) is 24.1 Å². The summed E-state index contributed by atoms with van der Waals surface area (Å²) in [6.45, 7) is 5.99. The first-order chi connectivity index (χ1) is 11.0. The molecule has 24 heavy (non-hydrogen) atoms. The van der Waals surface area contributed by atoms with E-state index >= 15 is 0 Å². The van der Waals surface area contributed by atoms with Crippen molar-refractivity contribution in [2.75, 3.05) is 13.6 Å². The van der Waals surface area contributed by atoms with Crippen LogP contribution >= 0.6 is 35.6 Å². The van der Waals surface area contributed by atoms with Gasteiger partial charge in [-0.2, -0.15) is 0 Å². The van der Waals surface area contributed by atoms with Crippen LogP contribution in [0, 0.1) is 6.92 Å². The van der Waals surface area contributed by atoms with E-state index in [1.807, 2.05) is 43.8 Å². The van der Waals surface area contributed by atoms with Gasteiger partial charge in [-0.3, -0.25) is 0 Å². The highest BCUT2D eigenvalue weighted by Crippen LogP contribution is 2.12. The topological polar surface area (TPSA) is 58.3 Å². The van der Waals surface area contributed by atoms with E-state index in [2.05, 4.69) is 38.4 Å². The Hall–Kier alpha value is -1.35. The highest BCUT2D eigenvalue weighted by Gasteiger charge is 2.09. The van der Waals surface area contributed by atoms with Crippen LogP contribution in [0.25, 0.3) is 0 Å². The minimum Gasteiger partial charge on any atom is -0.357 e. The van der Waals surface area contributed by atoms with Crippen LogP contribution in [0.3, 0.4) is 0 Å². The second-order valence-electron chi connectivity index (χ2n) is 5.38. The fraction of sp³-hybridized carbons (Fsp3) is 0.438. The molecule has 0 unspecified atom stereocenters. The molecule has 1 heterocycles. The van der Waals surface area contributed by atoms with Gasteiger partial charge < -0.3 is 14.8 Å². The Balaban J connectivity index is 0.00000288. The summed E-state index contributed by atoms with van der Waals surface area (Å²) >= 11 is 6.05. The van der Waals surface area contributed by atoms with Crippen molar-refractivity contribution in [3.63, 3.8) is 0 Å². The van der Waals surface area contributed by atoms with E-state index in [1.165, 1.54) is 0 Å². The zero-order valence-corrected chi connectivity index (χ0v) is 17.5. The van der Waals surface area contributed by atoms with E-state index in [9.17, 15) is 0 Å². The van der Waals surface area contributed by atoms with Gasteiger partial charge >= 0.3 is 0 Å². The fourth-order valence-electron chi connectivity index (χ4n) is 2.19. The van der Waals surface area contributed by atoms with Crippen molar-refractivity contribution >= 4 is 41.5 Å². The molecule has 0 amide bonds. The monoisotopic (exact) mass is 462 g/mol. The van der Waals surface area contributed by atoms with Crippen LogP contribution in [0.2, 0.25) is 5.02 Å². The minimum absolute atomic E-state index is 0. The number of nitrogens with zero attached hydrogens (tertiary/aromatic N) is 5. The molecule has 0 spiro atoms. The van der Waals surface area contributed by atoms with Crippen LogP contribution in [0.5, 0.6) is 0 Å². The average molecular weight is 463 g/mol. The van der Waals surface area contributed by atoms with Crippen LogP contribution in [0.15, 0.2) is 29.3 Å². The number of rotatable bonds is 5. The van der Waals surface area contributed by atoms with Gasteiger partial charge in [0.1, 0.15) is 12.4 Å². The first-order valence-electron chi connectivity index (χ1n) is 7.60. The molecule has 0 saturated heterocycles. The van der Waals surface area contributed by atoms with Crippen molar-refractivity contribution in [3.8, 4) is 0 Å². The highest BCUT2D eigenvalue weighted by molar-refractivity contribution is 14.0. The Morgan fingerprint density at radius 2 is 2.12 bits per heavy atom. The Labute approximate surface area is 165 Å². The summed E-state index contributed by atoms with van der Waals surface area (Å²) in [4.78, 5) is 6.72. The normalized spacial score (nSPS) is 11.1. The average Bonchev–Trinajstić information content (AvgIpc) is 2.83. The molecular formula is C16H24ClIN6. The lowest BCUT2D eigenvalue weighted by molar-refractivity contribution is 0.476. The number of aliphatic imine (C=N–C) groups is 1. The Morgan fingerprint density at radius 3 is 2.71 bits per heavy atom. The molecule has 0 aliphatic carbocycles. The van der Waals surface area contributed by atoms with Crippen LogP contribution in [-0.2, 0) is 20.1 Å². The molecule has 0 aliphatic heterocycles. The summed E-state index contributed by atoms with van der Waals surface area (Å²) in [6.07, 6.45) is 0. The van der Waals surface area contributed by atoms with Crippen molar-refractivity contribution in [3.05, 3.63) is 46.5 Å². The van der Waals surface area contributed by atoms with Crippen LogP contribution in [-0.4, -0.2) is 39.2 Å². The quantitative estimate of drug-likeness (QED) is 0.422. The predicted molar refractivity (Wildman–Crippen MR) is 109 cm³/mol. The third-order valence-electron chi connectivity index (χ3n) is 3.56. The van der Waals surface area contributed by atoms with Gasteiger partial charge in [0.15, 0.2) is 11.8 Å². The standard InChI is InChI=1S/C16H23ClN6.HI/c1-5-18-16(19-10-15-21-20-12(2)23(15)4)22(3)11-13-7-6-8-14(17)9-13;/h6-9H,5,10-11H2,1-4H3,(H,18,19);1H. The maximum absolute atomic E-state index is 6.05. The van der Waals surface area contributed by atoms with E-state index in [4.69, 9.17) is 11.6 Å². The van der Waals surface area contributed by atoms with Crippen molar-refractivity contribution < 1.29 is 0 Å². The summed E-state index contributed by atoms with van der Waals surface area (Å²) in [5.74, 6) is 2.55. The summed E-state index contributed by atoms with van der Waals surface area (Å²) in [7, 11) is 3.95. The zero-order chi connectivity index (χ0) is 16.8. The molecule has 0 bridgehead atoms. The minimum atomic E-state index is 0. The lowest BCUT2D eigenvalue weighted by Gasteiger charge is -2.22. The molecule has 1 N–H and O–H groups in total. The smallest absolute Gasteiger partial charge is 0.194 e. The Kier molecular flexibility index (Phi) is 8.47. The first-order valence-corrected chi connectivity index (χ1v) is 7.97. The number of hydrogen-bond acceptors (Lipinski definition) is 3. The molecule has 0 radical (unpaired) electrons. The molecule has 1 aromatic carbocycles. The molecule has 6 nitrogen and oxygen atoms in total. The van der Waals surface area contributed by atoms with E-state index in [-0.39, 0.29) is 24.0 Å². The molecule has 0 aliphatic rings. The summed E-state index contributed by atoms with van der Waals surface area (Å²) in [5, 5.41) is 12.2. The SMILES string of the molecule is CCNC(=NCc1nnc(C)n1C)N(C)Cc1cccc(Cl)c1.I. The molecular weight excluding hydrogens is 439 g/mol. The van der Waals surface area contributed by atoms with Crippen LogP contribution in [0.4, 0.5) is 0 Å². The van der Waals surface area contributed by atoms with Crippen molar-refractivity contribution in [2.45, 2.75) is 26.9 Å². The first kappa shape index (κ1) is 20.7. The summed E-state index contributed by atoms with van der Waals surface area (Å²) in [5.41, 5.74) is 1.14. The fourth-order valence-corrected chi connectivity index (χ4v) is 2.40. The van der Waals surface area contributed by atoms with Crippen molar-refractivity contribution in [1.82, 2.24) is 25.0 Å². The zero-order valence-electron chi connectivity index (χ0n) is 14.5. The number of benzene rings is 1.